The zero-order valence-corrected chi connectivity index (χ0v) is 11.5. The number of rotatable bonds is 7. The van der Waals surface area contributed by atoms with Gasteiger partial charge in [0.25, 0.3) is 0 Å². The molecular formula is C12H20N4O3. The van der Waals surface area contributed by atoms with Crippen molar-refractivity contribution >= 4 is 17.6 Å². The molecule has 1 aromatic heterocycles. The molecule has 7 heteroatoms. The topological polar surface area (TPSA) is 99.4 Å². The summed E-state index contributed by atoms with van der Waals surface area (Å²) >= 11 is 0. The lowest BCUT2D eigenvalue weighted by Crippen LogP contribution is -2.28. The van der Waals surface area contributed by atoms with Gasteiger partial charge in [0.15, 0.2) is 5.82 Å². The first-order valence-corrected chi connectivity index (χ1v) is 6.21. The van der Waals surface area contributed by atoms with Crippen molar-refractivity contribution in [3.05, 3.63) is 11.9 Å². The minimum atomic E-state index is -0.505. The summed E-state index contributed by atoms with van der Waals surface area (Å²) in [5.41, 5.74) is 5.68. The van der Waals surface area contributed by atoms with Crippen LogP contribution in [0.2, 0.25) is 0 Å². The van der Waals surface area contributed by atoms with Crippen molar-refractivity contribution in [2.75, 3.05) is 24.3 Å². The molecule has 1 aromatic rings. The lowest BCUT2D eigenvalue weighted by molar-refractivity contribution is -0.143. The van der Waals surface area contributed by atoms with Crippen LogP contribution >= 0.6 is 0 Å². The van der Waals surface area contributed by atoms with E-state index in [9.17, 15) is 4.79 Å². The number of anilines is 2. The lowest BCUT2D eigenvalue weighted by atomic mass is 10.3. The molecule has 1 heterocycles. The number of nitrogens with zero attached hydrogens (tertiary/aromatic N) is 2. The number of carbonyl (C=O) groups is 1. The van der Waals surface area contributed by atoms with Gasteiger partial charge in [0, 0.05) is 12.7 Å². The van der Waals surface area contributed by atoms with E-state index in [-0.39, 0.29) is 12.6 Å². The molecule has 0 aliphatic heterocycles. The summed E-state index contributed by atoms with van der Waals surface area (Å²) in [5, 5.41) is 2.92. The minimum absolute atomic E-state index is 0.282. The number of aromatic nitrogens is 2. The molecule has 1 rings (SSSR count). The third-order valence-corrected chi connectivity index (χ3v) is 2.23. The number of hydrogen-bond acceptors (Lipinski definition) is 7. The average molecular weight is 268 g/mol. The Balaban J connectivity index is 2.71. The normalized spacial score (nSPS) is 11.9. The SMILES string of the molecule is CCOCc1nc(N)cc(NC(C)C(=O)OCC)n1. The first-order chi connectivity index (χ1) is 9.06. The van der Waals surface area contributed by atoms with E-state index in [2.05, 4.69) is 15.3 Å². The van der Waals surface area contributed by atoms with Crippen LogP contribution in [0.15, 0.2) is 6.07 Å². The van der Waals surface area contributed by atoms with Crippen molar-refractivity contribution in [3.63, 3.8) is 0 Å². The second-order valence-electron chi connectivity index (χ2n) is 3.85. The zero-order chi connectivity index (χ0) is 14.3. The summed E-state index contributed by atoms with van der Waals surface area (Å²) in [4.78, 5) is 19.8. The van der Waals surface area contributed by atoms with Gasteiger partial charge in [-0.3, -0.25) is 0 Å². The molecule has 0 saturated heterocycles. The number of hydrogen-bond donors (Lipinski definition) is 2. The second kappa shape index (κ2) is 7.52. The number of nitrogen functional groups attached to an aromatic ring is 1. The van der Waals surface area contributed by atoms with Gasteiger partial charge in [-0.25, -0.2) is 14.8 Å². The first kappa shape index (κ1) is 15.2. The lowest BCUT2D eigenvalue weighted by Gasteiger charge is -2.14. The van der Waals surface area contributed by atoms with E-state index in [4.69, 9.17) is 15.2 Å². The quantitative estimate of drug-likeness (QED) is 0.710. The molecule has 1 unspecified atom stereocenters. The fraction of sp³-hybridized carbons (Fsp3) is 0.583. The molecule has 19 heavy (non-hydrogen) atoms. The molecule has 1 atom stereocenters. The Kier molecular flexibility index (Phi) is 6.01. The number of esters is 1. The van der Waals surface area contributed by atoms with Crippen LogP contribution in [0.1, 0.15) is 26.6 Å². The number of nitrogens with one attached hydrogen (secondary N) is 1. The Hall–Kier alpha value is -1.89. The summed E-state index contributed by atoms with van der Waals surface area (Å²) in [5.74, 6) is 0.928. The van der Waals surface area contributed by atoms with Gasteiger partial charge in [-0.1, -0.05) is 0 Å². The van der Waals surface area contributed by atoms with Gasteiger partial charge in [-0.2, -0.15) is 0 Å². The van der Waals surface area contributed by atoms with E-state index in [1.165, 1.54) is 0 Å². The number of ether oxygens (including phenoxy) is 2. The molecule has 7 nitrogen and oxygen atoms in total. The summed E-state index contributed by atoms with van der Waals surface area (Å²) in [6.45, 7) is 6.52. The monoisotopic (exact) mass is 268 g/mol. The van der Waals surface area contributed by atoms with Crippen molar-refractivity contribution in [2.45, 2.75) is 33.4 Å². The predicted octanol–water partition coefficient (Wildman–Crippen LogP) is 0.959. The number of nitrogens with two attached hydrogens (primary N) is 1. The molecule has 0 fully saturated rings. The van der Waals surface area contributed by atoms with Crippen molar-refractivity contribution < 1.29 is 14.3 Å². The van der Waals surface area contributed by atoms with Gasteiger partial charge in [0.05, 0.1) is 6.61 Å². The first-order valence-electron chi connectivity index (χ1n) is 6.21. The largest absolute Gasteiger partial charge is 0.464 e. The van der Waals surface area contributed by atoms with Gasteiger partial charge in [0.1, 0.15) is 24.3 Å². The standard InChI is InChI=1S/C12H20N4O3/c1-4-18-7-11-15-9(13)6-10(16-11)14-8(3)12(17)19-5-2/h6,8H,4-5,7H2,1-3H3,(H3,13,14,15,16). The fourth-order valence-electron chi connectivity index (χ4n) is 1.40. The van der Waals surface area contributed by atoms with Crippen LogP contribution in [0.3, 0.4) is 0 Å². The van der Waals surface area contributed by atoms with Gasteiger partial charge < -0.3 is 20.5 Å². The van der Waals surface area contributed by atoms with Crippen LogP contribution in [0.5, 0.6) is 0 Å². The highest BCUT2D eigenvalue weighted by atomic mass is 16.5. The van der Waals surface area contributed by atoms with E-state index in [0.29, 0.717) is 30.7 Å². The van der Waals surface area contributed by atoms with Crippen molar-refractivity contribution in [1.82, 2.24) is 9.97 Å². The van der Waals surface area contributed by atoms with Crippen LogP contribution < -0.4 is 11.1 Å². The van der Waals surface area contributed by atoms with Gasteiger partial charge in [-0.15, -0.1) is 0 Å². The Morgan fingerprint density at radius 1 is 1.42 bits per heavy atom. The van der Waals surface area contributed by atoms with Crippen molar-refractivity contribution in [1.29, 1.82) is 0 Å². The molecule has 3 N–H and O–H groups in total. The van der Waals surface area contributed by atoms with Gasteiger partial charge >= 0.3 is 5.97 Å². The van der Waals surface area contributed by atoms with Crippen molar-refractivity contribution in [2.24, 2.45) is 0 Å². The fourth-order valence-corrected chi connectivity index (χ4v) is 1.40. The predicted molar refractivity (Wildman–Crippen MR) is 71.5 cm³/mol. The van der Waals surface area contributed by atoms with Crippen LogP contribution in [0.25, 0.3) is 0 Å². The maximum absolute atomic E-state index is 11.5. The van der Waals surface area contributed by atoms with Crippen LogP contribution in [-0.4, -0.2) is 35.2 Å². The molecule has 0 aliphatic carbocycles. The van der Waals surface area contributed by atoms with Crippen LogP contribution in [-0.2, 0) is 20.9 Å². The van der Waals surface area contributed by atoms with E-state index >= 15 is 0 Å². The summed E-state index contributed by atoms with van der Waals surface area (Å²) in [6.07, 6.45) is 0. The van der Waals surface area contributed by atoms with Gasteiger partial charge in [-0.05, 0) is 20.8 Å². The molecule has 106 valence electrons. The van der Waals surface area contributed by atoms with E-state index in [1.807, 2.05) is 6.92 Å². The smallest absolute Gasteiger partial charge is 0.328 e. The second-order valence-corrected chi connectivity index (χ2v) is 3.85. The summed E-state index contributed by atoms with van der Waals surface area (Å²) in [6, 6.07) is 1.06. The summed E-state index contributed by atoms with van der Waals surface area (Å²) < 4.78 is 10.1. The van der Waals surface area contributed by atoms with Crippen LogP contribution in [0.4, 0.5) is 11.6 Å². The molecular weight excluding hydrogens is 248 g/mol. The molecule has 0 aromatic carbocycles. The van der Waals surface area contributed by atoms with E-state index < -0.39 is 6.04 Å². The Bertz CT molecular complexity index is 425. The third kappa shape index (κ3) is 5.09. The highest BCUT2D eigenvalue weighted by Gasteiger charge is 2.14. The Morgan fingerprint density at radius 2 is 2.16 bits per heavy atom. The van der Waals surface area contributed by atoms with Crippen LogP contribution in [0, 0.1) is 0 Å². The molecule has 0 saturated carbocycles. The maximum Gasteiger partial charge on any atom is 0.328 e. The highest BCUT2D eigenvalue weighted by molar-refractivity contribution is 5.78. The van der Waals surface area contributed by atoms with Gasteiger partial charge in [0.2, 0.25) is 0 Å². The molecule has 0 radical (unpaired) electrons. The number of carbonyl (C=O) groups excluding carboxylic acids is 1. The third-order valence-electron chi connectivity index (χ3n) is 2.23. The Labute approximate surface area is 112 Å². The summed E-state index contributed by atoms with van der Waals surface area (Å²) in [7, 11) is 0. The molecule has 0 bridgehead atoms. The Morgan fingerprint density at radius 3 is 2.79 bits per heavy atom. The average Bonchev–Trinajstić information content (AvgIpc) is 2.36. The maximum atomic E-state index is 11.5. The molecule has 0 amide bonds. The van der Waals surface area contributed by atoms with Crippen molar-refractivity contribution in [3.8, 4) is 0 Å². The molecule has 0 aliphatic rings. The van der Waals surface area contributed by atoms with E-state index in [1.54, 1.807) is 19.9 Å². The zero-order valence-electron chi connectivity index (χ0n) is 11.5. The van der Waals surface area contributed by atoms with E-state index in [0.717, 1.165) is 0 Å². The molecule has 0 spiro atoms. The minimum Gasteiger partial charge on any atom is -0.464 e. The highest BCUT2D eigenvalue weighted by Crippen LogP contribution is 2.11.